The van der Waals surface area contributed by atoms with Crippen molar-refractivity contribution in [2.75, 3.05) is 10.2 Å². The van der Waals surface area contributed by atoms with Gasteiger partial charge in [-0.05, 0) is 84.4 Å². The van der Waals surface area contributed by atoms with Gasteiger partial charge in [0, 0.05) is 38.2 Å². The summed E-state index contributed by atoms with van der Waals surface area (Å²) in [5.41, 5.74) is 7.11. The number of anilines is 2. The van der Waals surface area contributed by atoms with Gasteiger partial charge in [0.15, 0.2) is 0 Å². The van der Waals surface area contributed by atoms with Gasteiger partial charge >= 0.3 is 0 Å². The summed E-state index contributed by atoms with van der Waals surface area (Å²) in [4.78, 5) is 65.2. The molecule has 12 heteroatoms. The normalized spacial score (nSPS) is 14.8. The Labute approximate surface area is 272 Å². The van der Waals surface area contributed by atoms with Gasteiger partial charge in [0.1, 0.15) is 5.70 Å². The number of hydrogen-bond acceptors (Lipinski definition) is 6. The minimum Gasteiger partial charge on any atom is -0.366 e. The van der Waals surface area contributed by atoms with Crippen LogP contribution in [0.3, 0.4) is 0 Å². The molecule has 0 aliphatic carbocycles. The summed E-state index contributed by atoms with van der Waals surface area (Å²) in [6.45, 7) is 0. The van der Waals surface area contributed by atoms with Crippen LogP contribution in [0.5, 0.6) is 0 Å². The Kier molecular flexibility index (Phi) is 9.68. The summed E-state index contributed by atoms with van der Waals surface area (Å²) in [7, 11) is 0. The summed E-state index contributed by atoms with van der Waals surface area (Å²) in [6.07, 6.45) is 1.46. The van der Waals surface area contributed by atoms with Gasteiger partial charge in [0.05, 0.1) is 10.9 Å². The number of hydrogen-bond donors (Lipinski definition) is 3. The van der Waals surface area contributed by atoms with Gasteiger partial charge in [-0.1, -0.05) is 47.5 Å². The second kappa shape index (κ2) is 13.8. The van der Waals surface area contributed by atoms with Crippen molar-refractivity contribution in [2.45, 2.75) is 16.6 Å². The molecular weight excluding hydrogens is 635 g/mol. The highest BCUT2D eigenvalue weighted by molar-refractivity contribution is 8.00. The van der Waals surface area contributed by atoms with Crippen LogP contribution in [-0.4, -0.2) is 34.8 Å². The number of thioether (sulfide) groups is 1. The largest absolute Gasteiger partial charge is 0.366 e. The van der Waals surface area contributed by atoms with Crippen molar-refractivity contribution in [3.8, 4) is 0 Å². The highest BCUT2D eigenvalue weighted by Gasteiger charge is 2.40. The molecule has 4 N–H and O–H groups in total. The third-order valence-corrected chi connectivity index (χ3v) is 8.46. The van der Waals surface area contributed by atoms with Crippen LogP contribution in [0.15, 0.2) is 108 Å². The first-order valence-corrected chi connectivity index (χ1v) is 15.1. The van der Waals surface area contributed by atoms with Crippen LogP contribution in [0.2, 0.25) is 10.0 Å². The SMILES string of the molecule is NC(=O)c1ccc(N2C(=O)CC(Sc3ccc(NC(=O)/C(=C/c4ccc(Cl)cc4Cl)NC(=O)c4ccccc4)cc3)C2=O)cc1. The molecule has 4 aromatic carbocycles. The van der Waals surface area contributed by atoms with Gasteiger partial charge in [0.2, 0.25) is 17.7 Å². The number of rotatable bonds is 9. The number of amides is 5. The van der Waals surface area contributed by atoms with E-state index in [0.717, 1.165) is 4.90 Å². The highest BCUT2D eigenvalue weighted by Crippen LogP contribution is 2.34. The molecule has 0 spiro atoms. The third-order valence-electron chi connectivity index (χ3n) is 6.70. The number of nitrogens with zero attached hydrogens (tertiary/aromatic N) is 1. The van der Waals surface area contributed by atoms with E-state index in [2.05, 4.69) is 10.6 Å². The minimum atomic E-state index is -0.652. The Hall–Kier alpha value is -4.90. The van der Waals surface area contributed by atoms with Crippen LogP contribution in [0.4, 0.5) is 11.4 Å². The van der Waals surface area contributed by atoms with Gasteiger partial charge in [-0.2, -0.15) is 0 Å². The molecule has 9 nitrogen and oxygen atoms in total. The third kappa shape index (κ3) is 7.61. The Balaban J connectivity index is 1.28. The Morgan fingerprint density at radius 2 is 1.56 bits per heavy atom. The van der Waals surface area contributed by atoms with Crippen LogP contribution in [0.25, 0.3) is 6.08 Å². The number of imide groups is 1. The molecule has 45 heavy (non-hydrogen) atoms. The lowest BCUT2D eigenvalue weighted by molar-refractivity contribution is -0.121. The maximum absolute atomic E-state index is 13.4. The summed E-state index contributed by atoms with van der Waals surface area (Å²) in [5, 5.41) is 5.49. The van der Waals surface area contributed by atoms with E-state index in [0.29, 0.717) is 37.4 Å². The second-order valence-electron chi connectivity index (χ2n) is 9.81. The fourth-order valence-electron chi connectivity index (χ4n) is 4.44. The smallest absolute Gasteiger partial charge is 0.272 e. The fourth-order valence-corrected chi connectivity index (χ4v) is 5.96. The summed E-state index contributed by atoms with van der Waals surface area (Å²) < 4.78 is 0. The zero-order valence-corrected chi connectivity index (χ0v) is 25.7. The van der Waals surface area contributed by atoms with Crippen molar-refractivity contribution in [1.29, 1.82) is 0 Å². The number of carbonyl (C=O) groups is 5. The molecule has 5 rings (SSSR count). The standard InChI is InChI=1S/C33H24Cl2N4O5S/c34-22-9-6-21(26(35)17-22)16-27(38-31(42)20-4-2-1-3-5-20)32(43)37-23-10-14-25(15-11-23)45-28-18-29(40)39(33(28)44)24-12-7-19(8-13-24)30(36)41/h1-17,28H,18H2,(H2,36,41)(H,37,43)(H,38,42)/b27-16-. The zero-order valence-electron chi connectivity index (χ0n) is 23.3. The van der Waals surface area contributed by atoms with Crippen LogP contribution < -0.4 is 21.3 Å². The van der Waals surface area contributed by atoms with E-state index in [4.69, 9.17) is 28.9 Å². The maximum Gasteiger partial charge on any atom is 0.272 e. The van der Waals surface area contributed by atoms with Crippen molar-refractivity contribution in [3.05, 3.63) is 129 Å². The molecular formula is C33H24Cl2N4O5S. The monoisotopic (exact) mass is 658 g/mol. The lowest BCUT2D eigenvalue weighted by Crippen LogP contribution is -2.31. The van der Waals surface area contributed by atoms with Crippen molar-refractivity contribution in [1.82, 2.24) is 5.32 Å². The number of carbonyl (C=O) groups excluding carboxylic acids is 5. The van der Waals surface area contributed by atoms with Crippen LogP contribution in [-0.2, 0) is 14.4 Å². The zero-order chi connectivity index (χ0) is 32.1. The lowest BCUT2D eigenvalue weighted by Gasteiger charge is -2.15. The van der Waals surface area contributed by atoms with Gasteiger partial charge in [-0.3, -0.25) is 24.0 Å². The van der Waals surface area contributed by atoms with Gasteiger partial charge in [0.25, 0.3) is 11.8 Å². The van der Waals surface area contributed by atoms with Gasteiger partial charge in [-0.25, -0.2) is 4.90 Å². The molecule has 226 valence electrons. The Morgan fingerprint density at radius 3 is 2.20 bits per heavy atom. The van der Waals surface area contributed by atoms with Gasteiger partial charge < -0.3 is 16.4 Å². The molecule has 0 bridgehead atoms. The first-order valence-electron chi connectivity index (χ1n) is 13.5. The number of halogens is 2. The predicted molar refractivity (Wildman–Crippen MR) is 175 cm³/mol. The van der Waals surface area contributed by atoms with E-state index >= 15 is 0 Å². The molecule has 1 aliphatic rings. The maximum atomic E-state index is 13.4. The second-order valence-corrected chi connectivity index (χ2v) is 11.9. The fraction of sp³-hybridized carbons (Fsp3) is 0.0606. The molecule has 0 aromatic heterocycles. The molecule has 1 unspecified atom stereocenters. The average Bonchev–Trinajstić information content (AvgIpc) is 3.31. The molecule has 0 saturated carbocycles. The van der Waals surface area contributed by atoms with Crippen molar-refractivity contribution >= 4 is 82.0 Å². The lowest BCUT2D eigenvalue weighted by atomic mass is 10.1. The van der Waals surface area contributed by atoms with E-state index < -0.39 is 23.0 Å². The molecule has 0 radical (unpaired) electrons. The minimum absolute atomic E-state index is 0.00207. The van der Waals surface area contributed by atoms with Crippen LogP contribution in [0, 0.1) is 0 Å². The Bertz CT molecular complexity index is 1830. The van der Waals surface area contributed by atoms with Gasteiger partial charge in [-0.15, -0.1) is 11.8 Å². The topological polar surface area (TPSA) is 139 Å². The van der Waals surface area contributed by atoms with Crippen molar-refractivity contribution < 1.29 is 24.0 Å². The number of benzene rings is 4. The molecule has 1 aliphatic heterocycles. The van der Waals surface area contributed by atoms with E-state index in [1.54, 1.807) is 66.7 Å². The number of primary amides is 1. The van der Waals surface area contributed by atoms with Crippen molar-refractivity contribution in [3.63, 3.8) is 0 Å². The van der Waals surface area contributed by atoms with E-state index in [9.17, 15) is 24.0 Å². The van der Waals surface area contributed by atoms with E-state index in [-0.39, 0.29) is 29.5 Å². The quantitative estimate of drug-likeness (QED) is 0.151. The summed E-state index contributed by atoms with van der Waals surface area (Å²) >= 11 is 13.6. The Morgan fingerprint density at radius 1 is 0.867 bits per heavy atom. The molecule has 5 amide bonds. The average molecular weight is 660 g/mol. The molecule has 1 saturated heterocycles. The first kappa shape index (κ1) is 31.5. The number of nitrogens with two attached hydrogens (primary N) is 1. The van der Waals surface area contributed by atoms with Crippen molar-refractivity contribution in [2.24, 2.45) is 5.73 Å². The number of nitrogens with one attached hydrogen (secondary N) is 2. The first-order chi connectivity index (χ1) is 21.6. The predicted octanol–water partition coefficient (Wildman–Crippen LogP) is 5.93. The summed E-state index contributed by atoms with van der Waals surface area (Å²) in [5.74, 6) is -2.42. The molecule has 1 fully saturated rings. The molecule has 4 aromatic rings. The molecule has 1 atom stereocenters. The van der Waals surface area contributed by atoms with E-state index in [1.165, 1.54) is 48.2 Å². The molecule has 1 heterocycles. The van der Waals surface area contributed by atoms with E-state index in [1.807, 2.05) is 0 Å². The highest BCUT2D eigenvalue weighted by atomic mass is 35.5. The van der Waals surface area contributed by atoms with Crippen LogP contribution in [0.1, 0.15) is 32.7 Å². The summed E-state index contributed by atoms with van der Waals surface area (Å²) in [6, 6.07) is 25.9. The van der Waals surface area contributed by atoms with Crippen LogP contribution >= 0.6 is 35.0 Å².